The quantitative estimate of drug-likeness (QED) is 0.558. The Balaban J connectivity index is 3.13. The summed E-state index contributed by atoms with van der Waals surface area (Å²) in [4.78, 5) is 13.2. The van der Waals surface area contributed by atoms with E-state index in [1.807, 2.05) is 6.26 Å². The highest BCUT2D eigenvalue weighted by atomic mass is 32.2. The standard InChI is InChI=1S/C4H7N3OS/c1-7-4(8)5-3(6-7)9-2/h1-2H3,(H,5,6,8). The summed E-state index contributed by atoms with van der Waals surface area (Å²) < 4.78 is 1.27. The molecule has 5 heteroatoms. The predicted octanol–water partition coefficient (Wildman–Crippen LogP) is -0.170. The molecule has 0 spiro atoms. The number of hydrogen-bond acceptors (Lipinski definition) is 3. The minimum absolute atomic E-state index is 0.167. The molecule has 0 saturated carbocycles. The number of aromatic nitrogens is 3. The van der Waals surface area contributed by atoms with E-state index in [9.17, 15) is 4.79 Å². The van der Waals surface area contributed by atoms with Crippen LogP contribution >= 0.6 is 11.8 Å². The molecule has 0 radical (unpaired) electrons. The molecule has 50 valence electrons. The van der Waals surface area contributed by atoms with Gasteiger partial charge in [0.05, 0.1) is 0 Å². The number of aryl methyl sites for hydroxylation is 1. The summed E-state index contributed by atoms with van der Waals surface area (Å²) in [5.41, 5.74) is -0.167. The molecule has 1 N–H and O–H groups in total. The molecule has 0 unspecified atom stereocenters. The second kappa shape index (κ2) is 2.26. The summed E-state index contributed by atoms with van der Waals surface area (Å²) in [6.07, 6.45) is 1.86. The van der Waals surface area contributed by atoms with E-state index in [0.29, 0.717) is 5.16 Å². The molecule has 0 saturated heterocycles. The monoisotopic (exact) mass is 145 g/mol. The predicted molar refractivity (Wildman–Crippen MR) is 35.6 cm³/mol. The van der Waals surface area contributed by atoms with E-state index < -0.39 is 0 Å². The SMILES string of the molecule is CSc1nn(C)c(=O)[nH]1. The van der Waals surface area contributed by atoms with Crippen molar-refractivity contribution in [2.45, 2.75) is 5.16 Å². The molecule has 0 aliphatic rings. The van der Waals surface area contributed by atoms with Gasteiger partial charge >= 0.3 is 5.69 Å². The molecular weight excluding hydrogens is 138 g/mol. The highest BCUT2D eigenvalue weighted by molar-refractivity contribution is 7.98. The van der Waals surface area contributed by atoms with Gasteiger partial charge in [-0.25, -0.2) is 9.48 Å². The number of aromatic amines is 1. The van der Waals surface area contributed by atoms with E-state index in [1.165, 1.54) is 16.4 Å². The number of H-pyrrole nitrogens is 1. The summed E-state index contributed by atoms with van der Waals surface area (Å²) in [6, 6.07) is 0. The van der Waals surface area contributed by atoms with Crippen LogP contribution in [0.15, 0.2) is 9.95 Å². The average molecular weight is 145 g/mol. The maximum atomic E-state index is 10.6. The van der Waals surface area contributed by atoms with E-state index in [4.69, 9.17) is 0 Å². The van der Waals surface area contributed by atoms with E-state index >= 15 is 0 Å². The molecule has 0 bridgehead atoms. The number of hydrogen-bond donors (Lipinski definition) is 1. The highest BCUT2D eigenvalue weighted by Crippen LogP contribution is 2.01. The van der Waals surface area contributed by atoms with Gasteiger partial charge in [0.1, 0.15) is 0 Å². The summed E-state index contributed by atoms with van der Waals surface area (Å²) in [6.45, 7) is 0. The molecule has 1 rings (SSSR count). The molecule has 0 aliphatic carbocycles. The lowest BCUT2D eigenvalue weighted by Gasteiger charge is -1.80. The molecule has 1 aromatic rings. The van der Waals surface area contributed by atoms with Crippen LogP contribution in [0.1, 0.15) is 0 Å². The second-order valence-electron chi connectivity index (χ2n) is 1.56. The third-order valence-electron chi connectivity index (χ3n) is 0.942. The largest absolute Gasteiger partial charge is 0.343 e. The van der Waals surface area contributed by atoms with Gasteiger partial charge in [-0.2, -0.15) is 0 Å². The summed E-state index contributed by atoms with van der Waals surface area (Å²) >= 11 is 1.42. The first-order valence-electron chi connectivity index (χ1n) is 2.41. The van der Waals surface area contributed by atoms with Crippen LogP contribution in [0.5, 0.6) is 0 Å². The van der Waals surface area contributed by atoms with Crippen molar-refractivity contribution in [1.29, 1.82) is 0 Å². The molecule has 1 heterocycles. The lowest BCUT2D eigenvalue weighted by atomic mass is 11.2. The molecule has 9 heavy (non-hydrogen) atoms. The number of nitrogens with zero attached hydrogens (tertiary/aromatic N) is 2. The van der Waals surface area contributed by atoms with Crippen molar-refractivity contribution in [3.05, 3.63) is 10.5 Å². The first-order valence-corrected chi connectivity index (χ1v) is 3.64. The Morgan fingerprint density at radius 2 is 2.44 bits per heavy atom. The molecular formula is C4H7N3OS. The van der Waals surface area contributed by atoms with Crippen molar-refractivity contribution in [3.63, 3.8) is 0 Å². The smallest absolute Gasteiger partial charge is 0.284 e. The Bertz CT molecular complexity index is 251. The van der Waals surface area contributed by atoms with Crippen LogP contribution in [0.25, 0.3) is 0 Å². The normalized spacial score (nSPS) is 10.0. The third-order valence-corrected chi connectivity index (χ3v) is 1.51. The van der Waals surface area contributed by atoms with Crippen LogP contribution in [0, 0.1) is 0 Å². The lowest BCUT2D eigenvalue weighted by molar-refractivity contribution is 0.715. The van der Waals surface area contributed by atoms with E-state index in [-0.39, 0.29) is 5.69 Å². The van der Waals surface area contributed by atoms with Crippen molar-refractivity contribution in [2.75, 3.05) is 6.26 Å². The van der Waals surface area contributed by atoms with Gasteiger partial charge in [0.2, 0.25) is 0 Å². The molecule has 0 amide bonds. The van der Waals surface area contributed by atoms with Crippen LogP contribution in [-0.2, 0) is 7.05 Å². The zero-order chi connectivity index (χ0) is 6.85. The summed E-state index contributed by atoms with van der Waals surface area (Å²) in [7, 11) is 1.61. The van der Waals surface area contributed by atoms with Crippen LogP contribution in [0.4, 0.5) is 0 Å². The van der Waals surface area contributed by atoms with Crippen LogP contribution in [-0.4, -0.2) is 21.0 Å². The lowest BCUT2D eigenvalue weighted by Crippen LogP contribution is -2.13. The Morgan fingerprint density at radius 3 is 2.67 bits per heavy atom. The zero-order valence-electron chi connectivity index (χ0n) is 5.21. The van der Waals surface area contributed by atoms with E-state index in [1.54, 1.807) is 7.05 Å². The summed E-state index contributed by atoms with van der Waals surface area (Å²) in [5, 5.41) is 4.50. The Labute approximate surface area is 56.3 Å². The summed E-state index contributed by atoms with van der Waals surface area (Å²) in [5.74, 6) is 0. The van der Waals surface area contributed by atoms with Gasteiger partial charge in [-0.15, -0.1) is 5.10 Å². The van der Waals surface area contributed by atoms with E-state index in [0.717, 1.165) is 0 Å². The first-order chi connectivity index (χ1) is 4.24. The van der Waals surface area contributed by atoms with Crippen LogP contribution in [0.2, 0.25) is 0 Å². The van der Waals surface area contributed by atoms with Crippen LogP contribution < -0.4 is 5.69 Å². The zero-order valence-corrected chi connectivity index (χ0v) is 6.03. The number of nitrogens with one attached hydrogen (secondary N) is 1. The molecule has 0 aliphatic heterocycles. The van der Waals surface area contributed by atoms with Gasteiger partial charge in [0, 0.05) is 7.05 Å². The molecule has 0 fully saturated rings. The van der Waals surface area contributed by atoms with Crippen molar-refractivity contribution in [1.82, 2.24) is 14.8 Å². The van der Waals surface area contributed by atoms with Gasteiger partial charge in [0.25, 0.3) is 0 Å². The fourth-order valence-electron chi connectivity index (χ4n) is 0.471. The van der Waals surface area contributed by atoms with Gasteiger partial charge in [-0.3, -0.25) is 4.98 Å². The van der Waals surface area contributed by atoms with Gasteiger partial charge in [0.15, 0.2) is 5.16 Å². The topological polar surface area (TPSA) is 50.7 Å². The van der Waals surface area contributed by atoms with Crippen molar-refractivity contribution < 1.29 is 0 Å². The number of thioether (sulfide) groups is 1. The Kier molecular flexibility index (Phi) is 1.61. The fraction of sp³-hybridized carbons (Fsp3) is 0.500. The van der Waals surface area contributed by atoms with E-state index in [2.05, 4.69) is 10.1 Å². The van der Waals surface area contributed by atoms with Crippen molar-refractivity contribution in [2.24, 2.45) is 7.05 Å². The maximum Gasteiger partial charge on any atom is 0.343 e. The fourth-order valence-corrected chi connectivity index (χ4v) is 0.864. The molecule has 4 nitrogen and oxygen atoms in total. The first kappa shape index (κ1) is 6.41. The minimum Gasteiger partial charge on any atom is -0.284 e. The van der Waals surface area contributed by atoms with Gasteiger partial charge < -0.3 is 0 Å². The van der Waals surface area contributed by atoms with Gasteiger partial charge in [-0.05, 0) is 6.26 Å². The van der Waals surface area contributed by atoms with Crippen molar-refractivity contribution >= 4 is 11.8 Å². The molecule has 1 aromatic heterocycles. The maximum absolute atomic E-state index is 10.6. The third kappa shape index (κ3) is 1.16. The van der Waals surface area contributed by atoms with Crippen LogP contribution in [0.3, 0.4) is 0 Å². The Hall–Kier alpha value is -0.710. The second-order valence-corrected chi connectivity index (χ2v) is 2.36. The highest BCUT2D eigenvalue weighted by Gasteiger charge is 1.96. The Morgan fingerprint density at radius 1 is 1.78 bits per heavy atom. The number of rotatable bonds is 1. The van der Waals surface area contributed by atoms with Gasteiger partial charge in [-0.1, -0.05) is 11.8 Å². The minimum atomic E-state index is -0.167. The molecule has 0 aromatic carbocycles. The molecule has 0 atom stereocenters. The van der Waals surface area contributed by atoms with Crippen molar-refractivity contribution in [3.8, 4) is 0 Å². The average Bonchev–Trinajstić information content (AvgIpc) is 2.13.